The number of aromatic nitrogens is 2. The Morgan fingerprint density at radius 3 is 2.67 bits per heavy atom. The fourth-order valence-corrected chi connectivity index (χ4v) is 3.92. The van der Waals surface area contributed by atoms with Crippen molar-refractivity contribution in [3.8, 4) is 11.5 Å². The van der Waals surface area contributed by atoms with Crippen molar-refractivity contribution in [2.75, 3.05) is 25.5 Å². The van der Waals surface area contributed by atoms with Gasteiger partial charge < -0.3 is 19.7 Å². The van der Waals surface area contributed by atoms with Crippen LogP contribution in [-0.4, -0.2) is 47.1 Å². The van der Waals surface area contributed by atoms with Gasteiger partial charge in [0, 0.05) is 37.4 Å². The molecule has 33 heavy (non-hydrogen) atoms. The molecule has 1 amide bonds. The van der Waals surface area contributed by atoms with Crippen molar-refractivity contribution in [3.63, 3.8) is 0 Å². The molecule has 7 nitrogen and oxygen atoms in total. The van der Waals surface area contributed by atoms with Gasteiger partial charge in [-0.25, -0.2) is 14.4 Å². The number of benzene rings is 2. The minimum Gasteiger partial charge on any atom is -0.493 e. The Balaban J connectivity index is 1.63. The van der Waals surface area contributed by atoms with Gasteiger partial charge in [0.1, 0.15) is 24.1 Å². The van der Waals surface area contributed by atoms with Crippen molar-refractivity contribution < 1.29 is 18.7 Å². The van der Waals surface area contributed by atoms with E-state index in [1.54, 1.807) is 31.1 Å². The molecular weight excluding hydrogens is 423 g/mol. The molecule has 4 rings (SSSR count). The summed E-state index contributed by atoms with van der Waals surface area (Å²) < 4.78 is 26.6. The smallest absolute Gasteiger partial charge is 0.245 e. The molecule has 1 aliphatic heterocycles. The quantitative estimate of drug-likeness (QED) is 0.549. The fourth-order valence-electron chi connectivity index (χ4n) is 3.92. The van der Waals surface area contributed by atoms with E-state index in [0.29, 0.717) is 65.4 Å². The summed E-state index contributed by atoms with van der Waals surface area (Å²) in [5, 5.41) is 3.79. The first-order valence-corrected chi connectivity index (χ1v) is 10.8. The topological polar surface area (TPSA) is 76.6 Å². The highest BCUT2D eigenvalue weighted by atomic mass is 19.1. The zero-order chi connectivity index (χ0) is 23.5. The van der Waals surface area contributed by atoms with Gasteiger partial charge >= 0.3 is 0 Å². The van der Waals surface area contributed by atoms with Crippen LogP contribution in [0, 0.1) is 19.7 Å². The highest BCUT2D eigenvalue weighted by Crippen LogP contribution is 2.36. The van der Waals surface area contributed by atoms with Gasteiger partial charge in [-0.05, 0) is 43.2 Å². The molecule has 1 fully saturated rings. The lowest BCUT2D eigenvalue weighted by Crippen LogP contribution is -2.41. The number of hydrogen-bond acceptors (Lipinski definition) is 6. The molecule has 0 spiro atoms. The van der Waals surface area contributed by atoms with Crippen LogP contribution in [0.15, 0.2) is 43.2 Å². The van der Waals surface area contributed by atoms with Gasteiger partial charge in [0.2, 0.25) is 5.91 Å². The molecule has 8 heteroatoms. The average molecular weight is 451 g/mol. The molecule has 1 aromatic heterocycles. The van der Waals surface area contributed by atoms with Crippen LogP contribution < -0.4 is 14.8 Å². The Bertz CT molecular complexity index is 1210. The van der Waals surface area contributed by atoms with Crippen LogP contribution in [0.2, 0.25) is 0 Å². The number of amides is 1. The largest absolute Gasteiger partial charge is 0.493 e. The molecule has 0 bridgehead atoms. The van der Waals surface area contributed by atoms with Crippen molar-refractivity contribution in [3.05, 3.63) is 60.2 Å². The molecule has 0 radical (unpaired) electrons. The molecule has 1 aliphatic rings. The first-order valence-electron chi connectivity index (χ1n) is 10.8. The second kappa shape index (κ2) is 9.44. The van der Waals surface area contributed by atoms with E-state index in [9.17, 15) is 9.18 Å². The van der Waals surface area contributed by atoms with Gasteiger partial charge in [0.15, 0.2) is 11.5 Å². The second-order valence-corrected chi connectivity index (χ2v) is 8.08. The first-order chi connectivity index (χ1) is 15.9. The van der Waals surface area contributed by atoms with Gasteiger partial charge in [0.25, 0.3) is 0 Å². The summed E-state index contributed by atoms with van der Waals surface area (Å²) in [7, 11) is 1.57. The van der Waals surface area contributed by atoms with E-state index in [0.717, 1.165) is 5.56 Å². The highest BCUT2D eigenvalue weighted by molar-refractivity contribution is 5.93. The molecule has 0 atom stereocenters. The van der Waals surface area contributed by atoms with Crippen LogP contribution in [0.4, 0.5) is 15.9 Å². The molecule has 0 aliphatic carbocycles. The van der Waals surface area contributed by atoms with Crippen LogP contribution in [0.5, 0.6) is 11.5 Å². The maximum atomic E-state index is 14.8. The van der Waals surface area contributed by atoms with Gasteiger partial charge in [-0.1, -0.05) is 12.6 Å². The molecule has 1 saturated heterocycles. The standard InChI is InChI=1S/C25H27FN4O3/c1-5-23(31)30-10-8-17(9-11-30)33-22-12-18-20(13-21(22)32-4)27-14-28-25(18)29-19-7-6-15(2)16(3)24(19)26/h5-7,12-14,17H,1,8-11H2,2-4H3,(H,27,28,29). The van der Waals surface area contributed by atoms with Crippen LogP contribution in [0.25, 0.3) is 10.9 Å². The van der Waals surface area contributed by atoms with Crippen LogP contribution >= 0.6 is 0 Å². The summed E-state index contributed by atoms with van der Waals surface area (Å²) >= 11 is 0. The number of aryl methyl sites for hydroxylation is 1. The van der Waals surface area contributed by atoms with Crippen LogP contribution in [0.1, 0.15) is 24.0 Å². The number of nitrogens with one attached hydrogen (secondary N) is 1. The number of fused-ring (bicyclic) bond motifs is 1. The Kier molecular flexibility index (Phi) is 6.44. The van der Waals surface area contributed by atoms with E-state index in [2.05, 4.69) is 21.9 Å². The predicted molar refractivity (Wildman–Crippen MR) is 126 cm³/mol. The van der Waals surface area contributed by atoms with Gasteiger partial charge in [0.05, 0.1) is 18.3 Å². The van der Waals surface area contributed by atoms with Crippen molar-refractivity contribution in [1.82, 2.24) is 14.9 Å². The van der Waals surface area contributed by atoms with Gasteiger partial charge in [-0.15, -0.1) is 0 Å². The number of piperidine rings is 1. The normalized spacial score (nSPS) is 14.2. The number of carbonyl (C=O) groups is 1. The van der Waals surface area contributed by atoms with E-state index >= 15 is 0 Å². The van der Waals surface area contributed by atoms with Crippen molar-refractivity contribution >= 4 is 28.3 Å². The Hall–Kier alpha value is -3.68. The Labute approximate surface area is 192 Å². The number of ether oxygens (including phenoxy) is 2. The van der Waals surface area contributed by atoms with E-state index in [-0.39, 0.29) is 17.8 Å². The van der Waals surface area contributed by atoms with Crippen molar-refractivity contribution in [2.45, 2.75) is 32.8 Å². The minimum atomic E-state index is -0.312. The maximum absolute atomic E-state index is 14.8. The molecule has 1 N–H and O–H groups in total. The lowest BCUT2D eigenvalue weighted by atomic mass is 10.1. The summed E-state index contributed by atoms with van der Waals surface area (Å²) in [6.07, 6.45) is 4.09. The van der Waals surface area contributed by atoms with Crippen molar-refractivity contribution in [2.24, 2.45) is 0 Å². The lowest BCUT2D eigenvalue weighted by molar-refractivity contribution is -0.127. The second-order valence-electron chi connectivity index (χ2n) is 8.08. The summed E-state index contributed by atoms with van der Waals surface area (Å²) in [6.45, 7) is 8.38. The predicted octanol–water partition coefficient (Wildman–Crippen LogP) is 4.69. The number of anilines is 2. The zero-order valence-electron chi connectivity index (χ0n) is 19.0. The van der Waals surface area contributed by atoms with Gasteiger partial charge in [-0.3, -0.25) is 4.79 Å². The molecule has 2 aromatic carbocycles. The summed E-state index contributed by atoms with van der Waals surface area (Å²) in [5.74, 6) is 1.20. The summed E-state index contributed by atoms with van der Waals surface area (Å²) in [6, 6.07) is 7.16. The van der Waals surface area contributed by atoms with Crippen LogP contribution in [-0.2, 0) is 4.79 Å². The molecule has 3 aromatic rings. The molecule has 172 valence electrons. The third-order valence-corrected chi connectivity index (χ3v) is 6.05. The minimum absolute atomic E-state index is 0.0663. The van der Waals surface area contributed by atoms with Crippen LogP contribution in [0.3, 0.4) is 0 Å². The SMILES string of the molecule is C=CC(=O)N1CCC(Oc2cc3c(Nc4ccc(C)c(C)c4F)ncnc3cc2OC)CC1. The number of likely N-dealkylation sites (tertiary alicyclic amines) is 1. The van der Waals surface area contributed by atoms with Gasteiger partial charge in [-0.2, -0.15) is 0 Å². The van der Waals surface area contributed by atoms with E-state index in [1.807, 2.05) is 19.1 Å². The third kappa shape index (κ3) is 4.60. The Morgan fingerprint density at radius 1 is 1.21 bits per heavy atom. The lowest BCUT2D eigenvalue weighted by Gasteiger charge is -2.31. The fraction of sp³-hybridized carbons (Fsp3) is 0.320. The highest BCUT2D eigenvalue weighted by Gasteiger charge is 2.24. The molecular formula is C25H27FN4O3. The zero-order valence-corrected chi connectivity index (χ0v) is 19.0. The average Bonchev–Trinajstić information content (AvgIpc) is 2.84. The number of nitrogens with zero attached hydrogens (tertiary/aromatic N) is 3. The van der Waals surface area contributed by atoms with E-state index < -0.39 is 0 Å². The number of methoxy groups -OCH3 is 1. The molecule has 2 heterocycles. The first kappa shape index (κ1) is 22.5. The summed E-state index contributed by atoms with van der Waals surface area (Å²) in [4.78, 5) is 22.3. The molecule has 0 unspecified atom stereocenters. The number of halogens is 1. The number of hydrogen-bond donors (Lipinski definition) is 1. The van der Waals surface area contributed by atoms with E-state index in [4.69, 9.17) is 9.47 Å². The number of rotatable bonds is 6. The monoisotopic (exact) mass is 450 g/mol. The third-order valence-electron chi connectivity index (χ3n) is 6.05. The van der Waals surface area contributed by atoms with Crippen molar-refractivity contribution in [1.29, 1.82) is 0 Å². The maximum Gasteiger partial charge on any atom is 0.245 e. The molecule has 0 saturated carbocycles. The summed E-state index contributed by atoms with van der Waals surface area (Å²) in [5.41, 5.74) is 2.46. The van der Waals surface area contributed by atoms with E-state index in [1.165, 1.54) is 12.4 Å². The number of carbonyl (C=O) groups excluding carboxylic acids is 1. The Morgan fingerprint density at radius 2 is 1.97 bits per heavy atom.